The van der Waals surface area contributed by atoms with Crippen LogP contribution < -0.4 is 0 Å². The minimum Gasteiger partial charge on any atom is -0.480 e. The van der Waals surface area contributed by atoms with Crippen molar-refractivity contribution in [1.29, 1.82) is 0 Å². The van der Waals surface area contributed by atoms with Gasteiger partial charge in [0.2, 0.25) is 0 Å². The fourth-order valence-electron chi connectivity index (χ4n) is 1.56. The standard InChI is InChI=1S/C11H14N2O4/c1-12(2)10(11(14)15)7-8-5-3-4-6-9(8)13(16)17/h3-6,10H,7H2,1-2H3,(H,14,15). The Balaban J connectivity index is 3.01. The van der Waals surface area contributed by atoms with Gasteiger partial charge < -0.3 is 5.11 Å². The number of benzene rings is 1. The van der Waals surface area contributed by atoms with Crippen molar-refractivity contribution in [3.8, 4) is 0 Å². The normalized spacial score (nSPS) is 12.4. The van der Waals surface area contributed by atoms with Crippen molar-refractivity contribution < 1.29 is 14.8 Å². The lowest BCUT2D eigenvalue weighted by atomic mass is 10.0. The Labute approximate surface area is 98.6 Å². The second-order valence-electron chi connectivity index (χ2n) is 3.91. The molecule has 1 atom stereocenters. The Morgan fingerprint density at radius 1 is 1.47 bits per heavy atom. The van der Waals surface area contributed by atoms with Crippen LogP contribution in [0.5, 0.6) is 0 Å². The van der Waals surface area contributed by atoms with Crippen LogP contribution in [0.3, 0.4) is 0 Å². The third-order valence-corrected chi connectivity index (χ3v) is 2.51. The second-order valence-corrected chi connectivity index (χ2v) is 3.91. The zero-order valence-corrected chi connectivity index (χ0v) is 9.66. The predicted octanol–water partition coefficient (Wildman–Crippen LogP) is 1.15. The number of carbonyl (C=O) groups is 1. The van der Waals surface area contributed by atoms with Crippen molar-refractivity contribution in [3.05, 3.63) is 39.9 Å². The largest absolute Gasteiger partial charge is 0.480 e. The van der Waals surface area contributed by atoms with Crippen LogP contribution >= 0.6 is 0 Å². The molecule has 0 aromatic heterocycles. The van der Waals surface area contributed by atoms with Gasteiger partial charge in [0.15, 0.2) is 0 Å². The fourth-order valence-corrected chi connectivity index (χ4v) is 1.56. The minimum absolute atomic E-state index is 0.0411. The molecule has 17 heavy (non-hydrogen) atoms. The Kier molecular flexibility index (Phi) is 4.17. The van der Waals surface area contributed by atoms with E-state index >= 15 is 0 Å². The van der Waals surface area contributed by atoms with Crippen LogP contribution in [0, 0.1) is 10.1 Å². The highest BCUT2D eigenvalue weighted by Crippen LogP contribution is 2.20. The molecule has 1 aromatic carbocycles. The van der Waals surface area contributed by atoms with E-state index in [-0.39, 0.29) is 12.1 Å². The predicted molar refractivity (Wildman–Crippen MR) is 61.9 cm³/mol. The highest BCUT2D eigenvalue weighted by atomic mass is 16.6. The summed E-state index contributed by atoms with van der Waals surface area (Å²) in [6, 6.07) is 5.42. The van der Waals surface area contributed by atoms with Crippen LogP contribution in [-0.4, -0.2) is 41.0 Å². The first-order valence-corrected chi connectivity index (χ1v) is 5.05. The van der Waals surface area contributed by atoms with Crippen LogP contribution in [0.25, 0.3) is 0 Å². The summed E-state index contributed by atoms with van der Waals surface area (Å²) in [7, 11) is 3.26. The summed E-state index contributed by atoms with van der Waals surface area (Å²) < 4.78 is 0. The second kappa shape index (κ2) is 5.40. The number of carboxylic acids is 1. The van der Waals surface area contributed by atoms with E-state index in [0.717, 1.165) is 0 Å². The molecule has 92 valence electrons. The molecule has 1 aromatic rings. The first kappa shape index (κ1) is 13.1. The van der Waals surface area contributed by atoms with Crippen LogP contribution in [-0.2, 0) is 11.2 Å². The van der Waals surface area contributed by atoms with Gasteiger partial charge in [-0.2, -0.15) is 0 Å². The van der Waals surface area contributed by atoms with Gasteiger partial charge in [-0.05, 0) is 14.1 Å². The molecule has 0 amide bonds. The average Bonchev–Trinajstić information content (AvgIpc) is 2.25. The van der Waals surface area contributed by atoms with E-state index in [0.29, 0.717) is 5.56 Å². The summed E-state index contributed by atoms with van der Waals surface area (Å²) >= 11 is 0. The number of rotatable bonds is 5. The molecule has 0 aliphatic rings. The van der Waals surface area contributed by atoms with Crippen LogP contribution in [0.1, 0.15) is 5.56 Å². The maximum absolute atomic E-state index is 11.0. The molecule has 0 bridgehead atoms. The highest BCUT2D eigenvalue weighted by molar-refractivity contribution is 5.74. The molecule has 0 aliphatic carbocycles. The van der Waals surface area contributed by atoms with Crippen LogP contribution in [0.15, 0.2) is 24.3 Å². The quantitative estimate of drug-likeness (QED) is 0.614. The van der Waals surface area contributed by atoms with E-state index < -0.39 is 16.9 Å². The highest BCUT2D eigenvalue weighted by Gasteiger charge is 2.24. The lowest BCUT2D eigenvalue weighted by molar-refractivity contribution is -0.385. The van der Waals surface area contributed by atoms with Crippen molar-refractivity contribution in [1.82, 2.24) is 4.90 Å². The molecule has 0 fully saturated rings. The molecule has 6 heteroatoms. The summed E-state index contributed by atoms with van der Waals surface area (Å²) in [6.07, 6.45) is 0.111. The summed E-state index contributed by atoms with van der Waals surface area (Å²) in [5.74, 6) is -0.992. The topological polar surface area (TPSA) is 83.7 Å². The molecule has 1 rings (SSSR count). The maximum Gasteiger partial charge on any atom is 0.321 e. The average molecular weight is 238 g/mol. The number of hydrogen-bond donors (Lipinski definition) is 1. The first-order valence-electron chi connectivity index (χ1n) is 5.05. The Bertz CT molecular complexity index is 431. The fraction of sp³-hybridized carbons (Fsp3) is 0.364. The van der Waals surface area contributed by atoms with Gasteiger partial charge >= 0.3 is 5.97 Å². The smallest absolute Gasteiger partial charge is 0.321 e. The van der Waals surface area contributed by atoms with Gasteiger partial charge in [-0.25, -0.2) is 0 Å². The van der Waals surface area contributed by atoms with E-state index in [2.05, 4.69) is 0 Å². The van der Waals surface area contributed by atoms with Gasteiger partial charge in [0, 0.05) is 18.1 Å². The molecule has 0 radical (unpaired) electrons. The number of para-hydroxylation sites is 1. The molecule has 6 nitrogen and oxygen atoms in total. The maximum atomic E-state index is 11.0. The van der Waals surface area contributed by atoms with Gasteiger partial charge in [0.05, 0.1) is 4.92 Å². The number of nitro groups is 1. The summed E-state index contributed by atoms with van der Waals surface area (Å²) in [5.41, 5.74) is 0.388. The summed E-state index contributed by atoms with van der Waals surface area (Å²) in [4.78, 5) is 22.8. The number of nitro benzene ring substituents is 1. The van der Waals surface area contributed by atoms with Gasteiger partial charge in [-0.1, -0.05) is 18.2 Å². The SMILES string of the molecule is CN(C)C(Cc1ccccc1[N+](=O)[O-])C(=O)O. The zero-order chi connectivity index (χ0) is 13.0. The Morgan fingerprint density at radius 2 is 2.06 bits per heavy atom. The molecule has 0 heterocycles. The van der Waals surface area contributed by atoms with Gasteiger partial charge in [0.25, 0.3) is 5.69 Å². The van der Waals surface area contributed by atoms with Crippen molar-refractivity contribution in [2.75, 3.05) is 14.1 Å². The van der Waals surface area contributed by atoms with Gasteiger partial charge in [-0.3, -0.25) is 19.8 Å². The lowest BCUT2D eigenvalue weighted by Crippen LogP contribution is -2.37. The van der Waals surface area contributed by atoms with Crippen molar-refractivity contribution in [2.24, 2.45) is 0 Å². The lowest BCUT2D eigenvalue weighted by Gasteiger charge is -2.19. The summed E-state index contributed by atoms with van der Waals surface area (Å²) in [5, 5.41) is 19.8. The molecule has 0 spiro atoms. The van der Waals surface area contributed by atoms with Crippen LogP contribution in [0.4, 0.5) is 5.69 Å². The summed E-state index contributed by atoms with van der Waals surface area (Å²) in [6.45, 7) is 0. The first-order chi connectivity index (χ1) is 7.93. The van der Waals surface area contributed by atoms with E-state index in [9.17, 15) is 14.9 Å². The minimum atomic E-state index is -0.992. The van der Waals surface area contributed by atoms with Gasteiger partial charge in [0.1, 0.15) is 6.04 Å². The molecule has 0 aliphatic heterocycles. The monoisotopic (exact) mass is 238 g/mol. The van der Waals surface area contributed by atoms with E-state index in [1.807, 2.05) is 0 Å². The Morgan fingerprint density at radius 3 is 2.53 bits per heavy atom. The Hall–Kier alpha value is -1.95. The molecule has 0 saturated carbocycles. The molecular weight excluding hydrogens is 224 g/mol. The molecular formula is C11H14N2O4. The van der Waals surface area contributed by atoms with Crippen molar-refractivity contribution >= 4 is 11.7 Å². The van der Waals surface area contributed by atoms with Gasteiger partial charge in [-0.15, -0.1) is 0 Å². The van der Waals surface area contributed by atoms with E-state index in [1.54, 1.807) is 32.3 Å². The number of carboxylic acid groups (broad SMARTS) is 1. The molecule has 0 saturated heterocycles. The van der Waals surface area contributed by atoms with E-state index in [4.69, 9.17) is 5.11 Å². The third kappa shape index (κ3) is 3.25. The zero-order valence-electron chi connectivity index (χ0n) is 9.66. The third-order valence-electron chi connectivity index (χ3n) is 2.51. The number of nitrogens with zero attached hydrogens (tertiary/aromatic N) is 2. The number of hydrogen-bond acceptors (Lipinski definition) is 4. The molecule has 1 N–H and O–H groups in total. The van der Waals surface area contributed by atoms with Crippen molar-refractivity contribution in [2.45, 2.75) is 12.5 Å². The number of likely N-dealkylation sites (N-methyl/N-ethyl adjacent to an activating group) is 1. The van der Waals surface area contributed by atoms with Crippen molar-refractivity contribution in [3.63, 3.8) is 0 Å². The number of aliphatic carboxylic acids is 1. The van der Waals surface area contributed by atoms with Crippen LogP contribution in [0.2, 0.25) is 0 Å². The molecule has 1 unspecified atom stereocenters. The van der Waals surface area contributed by atoms with E-state index in [1.165, 1.54) is 11.0 Å².